The minimum atomic E-state index is -1.14. The Labute approximate surface area is 227 Å². The number of piperidine rings is 1. The van der Waals surface area contributed by atoms with Gasteiger partial charge in [-0.25, -0.2) is 4.39 Å². The lowest BCUT2D eigenvalue weighted by Crippen LogP contribution is -2.60. The van der Waals surface area contributed by atoms with Crippen LogP contribution >= 0.6 is 34.7 Å². The molecule has 0 aliphatic carbocycles. The third-order valence-electron chi connectivity index (χ3n) is 6.34. The fourth-order valence-corrected chi connectivity index (χ4v) is 6.62. The molecule has 3 heterocycles. The number of thioether (sulfide) groups is 1. The number of carbonyl (C=O) groups excluding carboxylic acids is 1. The van der Waals surface area contributed by atoms with Gasteiger partial charge in [0.25, 0.3) is 0 Å². The number of ketones is 1. The predicted molar refractivity (Wildman–Crippen MR) is 145 cm³/mol. The van der Waals surface area contributed by atoms with Crippen LogP contribution in [0.1, 0.15) is 28.9 Å². The number of hydrogen-bond donors (Lipinski definition) is 2. The van der Waals surface area contributed by atoms with Crippen molar-refractivity contribution in [3.63, 3.8) is 0 Å². The summed E-state index contributed by atoms with van der Waals surface area (Å²) >= 11 is 9.07. The topological polar surface area (TPSA) is 71.5 Å². The number of thiophene rings is 1. The molecule has 3 atom stereocenters. The zero-order valence-corrected chi connectivity index (χ0v) is 22.2. The number of benzene rings is 2. The first-order valence-corrected chi connectivity index (χ1v) is 13.8. The van der Waals surface area contributed by atoms with Gasteiger partial charge in [-0.1, -0.05) is 29.8 Å². The zero-order chi connectivity index (χ0) is 26.0. The molecule has 0 radical (unpaired) electrons. The van der Waals surface area contributed by atoms with E-state index in [1.807, 2.05) is 53.2 Å². The first-order valence-electron chi connectivity index (χ1n) is 11.6. The second-order valence-corrected chi connectivity index (χ2v) is 11.2. The SMILES string of the molecule is COc1cc(F)cc(Cc2cccc(C3(c4ccsc4)CC(=O)C(Sc4ccccc4Cl)C(O)N3)n2)c1. The first kappa shape index (κ1) is 25.9. The number of pyridine rings is 1. The minimum absolute atomic E-state index is 0.104. The van der Waals surface area contributed by atoms with Gasteiger partial charge >= 0.3 is 0 Å². The third-order valence-corrected chi connectivity index (χ3v) is 8.85. The average Bonchev–Trinajstić information content (AvgIpc) is 3.43. The van der Waals surface area contributed by atoms with Gasteiger partial charge in [-0.2, -0.15) is 11.3 Å². The third kappa shape index (κ3) is 5.44. The number of aliphatic hydroxyl groups is 1. The summed E-state index contributed by atoms with van der Waals surface area (Å²) < 4.78 is 19.2. The molecule has 5 nitrogen and oxygen atoms in total. The lowest BCUT2D eigenvalue weighted by atomic mass is 9.79. The Morgan fingerprint density at radius 3 is 2.78 bits per heavy atom. The van der Waals surface area contributed by atoms with Crippen LogP contribution in [-0.2, 0) is 16.8 Å². The van der Waals surface area contributed by atoms with Crippen LogP contribution in [0.4, 0.5) is 4.39 Å². The first-order chi connectivity index (χ1) is 17.9. The molecular weight excluding hydrogens is 531 g/mol. The molecule has 1 aliphatic heterocycles. The fourth-order valence-electron chi connectivity index (χ4n) is 4.60. The van der Waals surface area contributed by atoms with Gasteiger partial charge in [0.15, 0.2) is 5.78 Å². The number of aliphatic hydroxyl groups excluding tert-OH is 1. The Hall–Kier alpha value is -2.75. The Balaban J connectivity index is 1.48. The van der Waals surface area contributed by atoms with E-state index in [0.29, 0.717) is 28.6 Å². The molecule has 0 bridgehead atoms. The van der Waals surface area contributed by atoms with Crippen molar-refractivity contribution in [3.05, 3.63) is 111 Å². The molecule has 1 saturated heterocycles. The standard InChI is InChI=1S/C28H24ClFN2O3S2/c1-35-21-13-17(11-19(30)14-21)12-20-5-4-8-25(31-20)28(18-9-10-36-16-18)15-23(33)26(27(34)32-28)37-24-7-3-2-6-22(24)29/h2-11,13-14,16,26-27,32,34H,12,15H2,1H3. The van der Waals surface area contributed by atoms with Crippen molar-refractivity contribution in [1.82, 2.24) is 10.3 Å². The summed E-state index contributed by atoms with van der Waals surface area (Å²) in [7, 11) is 1.50. The minimum Gasteiger partial charge on any atom is -0.497 e. The number of methoxy groups -OCH3 is 1. The van der Waals surface area contributed by atoms with Gasteiger partial charge in [0, 0.05) is 29.5 Å². The smallest absolute Gasteiger partial charge is 0.152 e. The molecule has 2 aromatic heterocycles. The maximum Gasteiger partial charge on any atom is 0.152 e. The Morgan fingerprint density at radius 2 is 2.05 bits per heavy atom. The number of Topliss-reactive ketones (excluding diaryl/α,β-unsaturated/α-hetero) is 1. The Bertz CT molecular complexity index is 1420. The van der Waals surface area contributed by atoms with Crippen molar-refractivity contribution < 1.29 is 19.0 Å². The molecule has 2 aromatic carbocycles. The monoisotopic (exact) mass is 554 g/mol. The number of aromatic nitrogens is 1. The number of carbonyl (C=O) groups is 1. The van der Waals surface area contributed by atoms with E-state index in [1.54, 1.807) is 12.1 Å². The van der Waals surface area contributed by atoms with E-state index in [4.69, 9.17) is 21.3 Å². The highest BCUT2D eigenvalue weighted by atomic mass is 35.5. The van der Waals surface area contributed by atoms with Gasteiger partial charge < -0.3 is 9.84 Å². The maximum atomic E-state index is 14.1. The van der Waals surface area contributed by atoms with Gasteiger partial charge in [-0.3, -0.25) is 15.1 Å². The van der Waals surface area contributed by atoms with E-state index in [0.717, 1.165) is 16.0 Å². The molecule has 0 amide bonds. The Morgan fingerprint density at radius 1 is 1.22 bits per heavy atom. The van der Waals surface area contributed by atoms with Gasteiger partial charge in [-0.15, -0.1) is 11.8 Å². The highest BCUT2D eigenvalue weighted by Crippen LogP contribution is 2.42. The molecule has 9 heteroatoms. The molecule has 2 N–H and O–H groups in total. The summed E-state index contributed by atoms with van der Waals surface area (Å²) in [6.45, 7) is 0. The van der Waals surface area contributed by atoms with Crippen molar-refractivity contribution >= 4 is 40.5 Å². The number of hydrogen-bond acceptors (Lipinski definition) is 7. The van der Waals surface area contributed by atoms with Crippen molar-refractivity contribution in [1.29, 1.82) is 0 Å². The molecule has 190 valence electrons. The van der Waals surface area contributed by atoms with Crippen LogP contribution in [0.2, 0.25) is 5.02 Å². The molecule has 0 saturated carbocycles. The lowest BCUT2D eigenvalue weighted by molar-refractivity contribution is -0.125. The van der Waals surface area contributed by atoms with Gasteiger partial charge in [0.05, 0.1) is 23.4 Å². The van der Waals surface area contributed by atoms with Gasteiger partial charge in [0.1, 0.15) is 23.0 Å². The van der Waals surface area contributed by atoms with Crippen LogP contribution in [0.3, 0.4) is 0 Å². The van der Waals surface area contributed by atoms with E-state index in [9.17, 15) is 14.3 Å². The normalized spacial score (nSPS) is 21.7. The predicted octanol–water partition coefficient (Wildman–Crippen LogP) is 5.82. The highest BCUT2D eigenvalue weighted by Gasteiger charge is 2.48. The zero-order valence-electron chi connectivity index (χ0n) is 19.9. The van der Waals surface area contributed by atoms with Crippen molar-refractivity contribution in [2.45, 2.75) is 34.8 Å². The second-order valence-electron chi connectivity index (χ2n) is 8.81. The number of rotatable bonds is 7. The summed E-state index contributed by atoms with van der Waals surface area (Å²) in [6.07, 6.45) is -0.656. The maximum absolute atomic E-state index is 14.1. The molecular formula is C28H24ClFN2O3S2. The molecule has 3 unspecified atom stereocenters. The lowest BCUT2D eigenvalue weighted by Gasteiger charge is -2.42. The molecule has 4 aromatic rings. The molecule has 0 spiro atoms. The molecule has 1 aliphatic rings. The van der Waals surface area contributed by atoms with Crippen LogP contribution in [-0.4, -0.2) is 34.5 Å². The number of ether oxygens (including phenoxy) is 1. The van der Waals surface area contributed by atoms with Crippen LogP contribution in [0.25, 0.3) is 0 Å². The van der Waals surface area contributed by atoms with E-state index >= 15 is 0 Å². The van der Waals surface area contributed by atoms with E-state index in [-0.39, 0.29) is 18.0 Å². The summed E-state index contributed by atoms with van der Waals surface area (Å²) in [5.74, 6) is -0.0555. The highest BCUT2D eigenvalue weighted by molar-refractivity contribution is 8.00. The van der Waals surface area contributed by atoms with Crippen molar-refractivity contribution in [2.24, 2.45) is 0 Å². The summed E-state index contributed by atoms with van der Waals surface area (Å²) in [5, 5.41) is 18.2. The average molecular weight is 555 g/mol. The van der Waals surface area contributed by atoms with E-state index in [2.05, 4.69) is 5.32 Å². The van der Waals surface area contributed by atoms with Gasteiger partial charge in [0.2, 0.25) is 0 Å². The fraction of sp³-hybridized carbons (Fsp3) is 0.214. The van der Waals surface area contributed by atoms with Crippen LogP contribution in [0.15, 0.2) is 82.4 Å². The van der Waals surface area contributed by atoms with Gasteiger partial charge in [-0.05, 0) is 64.4 Å². The summed E-state index contributed by atoms with van der Waals surface area (Å²) in [4.78, 5) is 19.2. The summed E-state index contributed by atoms with van der Waals surface area (Å²) in [5.41, 5.74) is 1.87. The molecule has 5 rings (SSSR count). The number of nitrogens with zero attached hydrogens (tertiary/aromatic N) is 1. The Kier molecular flexibility index (Phi) is 7.65. The number of halogens is 2. The second kappa shape index (κ2) is 10.9. The quantitative estimate of drug-likeness (QED) is 0.300. The summed E-state index contributed by atoms with van der Waals surface area (Å²) in [6, 6.07) is 19.3. The van der Waals surface area contributed by atoms with Crippen LogP contribution in [0, 0.1) is 5.82 Å². The number of nitrogens with one attached hydrogen (secondary N) is 1. The van der Waals surface area contributed by atoms with Crippen molar-refractivity contribution in [2.75, 3.05) is 7.11 Å². The molecule has 37 heavy (non-hydrogen) atoms. The largest absolute Gasteiger partial charge is 0.497 e. The van der Waals surface area contributed by atoms with E-state index < -0.39 is 17.0 Å². The molecule has 1 fully saturated rings. The van der Waals surface area contributed by atoms with E-state index in [1.165, 1.54) is 42.3 Å². The van der Waals surface area contributed by atoms with Crippen LogP contribution < -0.4 is 10.1 Å². The van der Waals surface area contributed by atoms with Crippen molar-refractivity contribution in [3.8, 4) is 5.75 Å². The van der Waals surface area contributed by atoms with Crippen LogP contribution in [0.5, 0.6) is 5.75 Å².